The Hall–Kier alpha value is -1.49. The molecule has 0 aliphatic rings. The molecule has 0 saturated carbocycles. The van der Waals surface area contributed by atoms with Crippen molar-refractivity contribution in [2.75, 3.05) is 5.73 Å². The normalized spacial score (nSPS) is 9.67. The zero-order valence-electron chi connectivity index (χ0n) is 5.90. The molecule has 0 aliphatic carbocycles. The van der Waals surface area contributed by atoms with Gasteiger partial charge < -0.3 is 10.3 Å². The molecule has 0 bridgehead atoms. The maximum absolute atomic E-state index is 10.9. The maximum atomic E-state index is 10.9. The summed E-state index contributed by atoms with van der Waals surface area (Å²) in [6.07, 6.45) is 1.46. The summed E-state index contributed by atoms with van der Waals surface area (Å²) < 4.78 is 4.75. The zero-order valence-corrected chi connectivity index (χ0v) is 6.72. The first-order valence-electron chi connectivity index (χ1n) is 3.00. The van der Waals surface area contributed by atoms with Crippen LogP contribution >= 0.6 is 12.4 Å². The van der Waals surface area contributed by atoms with Crippen molar-refractivity contribution < 1.29 is 4.52 Å². The van der Waals surface area contributed by atoms with Gasteiger partial charge in [-0.2, -0.15) is 5.16 Å². The third-order valence-electron chi connectivity index (χ3n) is 1.40. The highest BCUT2D eigenvalue weighted by Crippen LogP contribution is 2.13. The van der Waals surface area contributed by atoms with Gasteiger partial charge in [0.05, 0.1) is 5.69 Å². The number of hydrogen-bond acceptors (Lipinski definition) is 4. The number of aromatic nitrogens is 2. The lowest BCUT2D eigenvalue weighted by Crippen LogP contribution is -1.98. The molecule has 0 aliphatic heterocycles. The van der Waals surface area contributed by atoms with Crippen molar-refractivity contribution in [1.29, 1.82) is 0 Å². The van der Waals surface area contributed by atoms with Gasteiger partial charge >= 0.3 is 5.56 Å². The van der Waals surface area contributed by atoms with Crippen LogP contribution < -0.4 is 11.3 Å². The number of aromatic amines is 1. The molecule has 2 heterocycles. The number of H-pyrrole nitrogens is 1. The fourth-order valence-corrected chi connectivity index (χ4v) is 0.878. The minimum Gasteiger partial charge on any atom is -0.396 e. The second kappa shape index (κ2) is 2.86. The van der Waals surface area contributed by atoms with Crippen LogP contribution in [0.4, 0.5) is 5.69 Å². The molecule has 0 amide bonds. The fourth-order valence-electron chi connectivity index (χ4n) is 0.878. The maximum Gasteiger partial charge on any atom is 0.306 e. The molecule has 3 N–H and O–H groups in total. The van der Waals surface area contributed by atoms with Crippen LogP contribution in [-0.4, -0.2) is 10.1 Å². The van der Waals surface area contributed by atoms with Crippen molar-refractivity contribution in [2.45, 2.75) is 0 Å². The van der Waals surface area contributed by atoms with Crippen LogP contribution in [0, 0.1) is 0 Å². The predicted octanol–water partition coefficient (Wildman–Crippen LogP) is 0.520. The van der Waals surface area contributed by atoms with Crippen molar-refractivity contribution in [2.24, 2.45) is 0 Å². The Bertz CT molecular complexity index is 447. The molecule has 0 unspecified atom stereocenters. The van der Waals surface area contributed by atoms with E-state index in [2.05, 4.69) is 10.1 Å². The molecule has 0 fully saturated rings. The van der Waals surface area contributed by atoms with Crippen molar-refractivity contribution in [3.05, 3.63) is 22.6 Å². The van der Waals surface area contributed by atoms with Gasteiger partial charge in [-0.25, -0.2) is 4.98 Å². The Morgan fingerprint density at radius 3 is 3.00 bits per heavy atom. The van der Waals surface area contributed by atoms with Gasteiger partial charge in [-0.15, -0.1) is 12.4 Å². The summed E-state index contributed by atoms with van der Waals surface area (Å²) in [7, 11) is 0. The molecule has 64 valence electrons. The number of pyridine rings is 1. The summed E-state index contributed by atoms with van der Waals surface area (Å²) in [6.45, 7) is 0. The minimum absolute atomic E-state index is 0. The van der Waals surface area contributed by atoms with E-state index in [-0.39, 0.29) is 23.5 Å². The van der Waals surface area contributed by atoms with Gasteiger partial charge in [0.1, 0.15) is 0 Å². The van der Waals surface area contributed by atoms with E-state index in [4.69, 9.17) is 10.3 Å². The number of nitrogens with one attached hydrogen (secondary N) is 1. The van der Waals surface area contributed by atoms with E-state index < -0.39 is 0 Å². The van der Waals surface area contributed by atoms with E-state index in [0.717, 1.165) is 0 Å². The van der Waals surface area contributed by atoms with Crippen LogP contribution in [0.2, 0.25) is 0 Å². The van der Waals surface area contributed by atoms with E-state index in [9.17, 15) is 4.79 Å². The monoisotopic (exact) mass is 187 g/mol. The highest BCUT2D eigenvalue weighted by Gasteiger charge is 2.05. The highest BCUT2D eigenvalue weighted by molar-refractivity contribution is 5.85. The van der Waals surface area contributed by atoms with Crippen LogP contribution in [0.1, 0.15) is 0 Å². The quantitative estimate of drug-likeness (QED) is 0.630. The second-order valence-corrected chi connectivity index (χ2v) is 2.11. The Balaban J connectivity index is 0.000000720. The van der Waals surface area contributed by atoms with Crippen LogP contribution in [0.25, 0.3) is 11.1 Å². The first-order valence-corrected chi connectivity index (χ1v) is 3.00. The number of rotatable bonds is 0. The smallest absolute Gasteiger partial charge is 0.306 e. The van der Waals surface area contributed by atoms with E-state index in [1.54, 1.807) is 6.07 Å². The summed E-state index contributed by atoms with van der Waals surface area (Å²) >= 11 is 0. The Morgan fingerprint density at radius 1 is 1.58 bits per heavy atom. The Kier molecular flexibility index (Phi) is 2.05. The molecule has 0 radical (unpaired) electrons. The Labute approximate surface area is 73.0 Å². The fraction of sp³-hybridized carbons (Fsp3) is 0. The number of fused-ring (bicyclic) bond motifs is 1. The highest BCUT2D eigenvalue weighted by atomic mass is 35.5. The average molecular weight is 188 g/mol. The largest absolute Gasteiger partial charge is 0.396 e. The first kappa shape index (κ1) is 8.61. The molecule has 0 atom stereocenters. The number of nitrogens with two attached hydrogens (primary N) is 1. The van der Waals surface area contributed by atoms with Crippen molar-refractivity contribution in [3.8, 4) is 0 Å². The lowest BCUT2D eigenvalue weighted by atomic mass is 10.3. The molecule has 6 heteroatoms. The molecular formula is C6H6ClN3O2. The third-order valence-corrected chi connectivity index (χ3v) is 1.40. The summed E-state index contributed by atoms with van der Waals surface area (Å²) in [5.74, 6) is 0. The lowest BCUT2D eigenvalue weighted by Gasteiger charge is -1.88. The molecular weight excluding hydrogens is 182 g/mol. The molecule has 12 heavy (non-hydrogen) atoms. The summed E-state index contributed by atoms with van der Waals surface area (Å²) in [4.78, 5) is 14.6. The first-order chi connectivity index (χ1) is 5.29. The average Bonchev–Trinajstić information content (AvgIpc) is 2.35. The van der Waals surface area contributed by atoms with E-state index >= 15 is 0 Å². The molecule has 2 aromatic rings. The van der Waals surface area contributed by atoms with Gasteiger partial charge in [0, 0.05) is 6.20 Å². The van der Waals surface area contributed by atoms with Crippen LogP contribution in [-0.2, 0) is 0 Å². The van der Waals surface area contributed by atoms with Gasteiger partial charge in [0.15, 0.2) is 5.52 Å². The molecule has 0 saturated heterocycles. The summed E-state index contributed by atoms with van der Waals surface area (Å²) in [5.41, 5.74) is 6.09. The number of anilines is 1. The number of nitrogens with zero attached hydrogens (tertiary/aromatic N) is 1. The number of nitrogen functional groups attached to an aromatic ring is 1. The topological polar surface area (TPSA) is 84.9 Å². The SMILES string of the molecule is Cl.Nc1ccnc2c(=O)[nH]oc12. The molecule has 5 nitrogen and oxygen atoms in total. The van der Waals surface area contributed by atoms with Crippen molar-refractivity contribution in [1.82, 2.24) is 10.1 Å². The second-order valence-electron chi connectivity index (χ2n) is 2.11. The molecule has 0 aromatic carbocycles. The van der Waals surface area contributed by atoms with Gasteiger partial charge in [-0.3, -0.25) is 4.79 Å². The van der Waals surface area contributed by atoms with Gasteiger partial charge in [0.25, 0.3) is 0 Å². The zero-order chi connectivity index (χ0) is 7.84. The van der Waals surface area contributed by atoms with E-state index in [0.29, 0.717) is 11.3 Å². The molecule has 2 rings (SSSR count). The minimum atomic E-state index is -0.354. The van der Waals surface area contributed by atoms with Gasteiger partial charge in [-0.05, 0) is 6.07 Å². The molecule has 0 spiro atoms. The Morgan fingerprint density at radius 2 is 2.33 bits per heavy atom. The number of halogens is 1. The van der Waals surface area contributed by atoms with Crippen LogP contribution in [0.3, 0.4) is 0 Å². The van der Waals surface area contributed by atoms with E-state index in [1.807, 2.05) is 0 Å². The number of hydrogen-bond donors (Lipinski definition) is 2. The van der Waals surface area contributed by atoms with Gasteiger partial charge in [0.2, 0.25) is 5.58 Å². The van der Waals surface area contributed by atoms with E-state index in [1.165, 1.54) is 6.20 Å². The lowest BCUT2D eigenvalue weighted by molar-refractivity contribution is 0.450. The van der Waals surface area contributed by atoms with Crippen LogP contribution in [0.15, 0.2) is 21.6 Å². The summed E-state index contributed by atoms with van der Waals surface area (Å²) in [5, 5.41) is 2.14. The van der Waals surface area contributed by atoms with Crippen molar-refractivity contribution >= 4 is 29.2 Å². The van der Waals surface area contributed by atoms with Crippen LogP contribution in [0.5, 0.6) is 0 Å². The molecule has 2 aromatic heterocycles. The van der Waals surface area contributed by atoms with Crippen molar-refractivity contribution in [3.63, 3.8) is 0 Å². The predicted molar refractivity (Wildman–Crippen MR) is 46.3 cm³/mol. The third kappa shape index (κ3) is 1.04. The van der Waals surface area contributed by atoms with Gasteiger partial charge in [-0.1, -0.05) is 0 Å². The standard InChI is InChI=1S/C6H5N3O2.ClH/c7-3-1-2-8-4-5(3)11-9-6(4)10;/h1-2H,(H2,7,8)(H,9,10);1H. The summed E-state index contributed by atoms with van der Waals surface area (Å²) in [6, 6.07) is 1.57.